The lowest BCUT2D eigenvalue weighted by atomic mass is 10.1. The highest BCUT2D eigenvalue weighted by atomic mass is 16.1. The number of carbonyl (C=O) groups excluding carboxylic acids is 1. The number of aromatic nitrogens is 4. The lowest BCUT2D eigenvalue weighted by Gasteiger charge is -2.02. The molecule has 0 fully saturated rings. The van der Waals surface area contributed by atoms with Gasteiger partial charge in [-0.1, -0.05) is 36.4 Å². The first-order valence-electron chi connectivity index (χ1n) is 8.37. The van der Waals surface area contributed by atoms with Gasteiger partial charge in [-0.25, -0.2) is 0 Å². The molecule has 1 amide bonds. The first-order valence-corrected chi connectivity index (χ1v) is 8.37. The molecule has 0 aliphatic carbocycles. The van der Waals surface area contributed by atoms with Crippen LogP contribution in [0.3, 0.4) is 0 Å². The highest BCUT2D eigenvalue weighted by molar-refractivity contribution is 6.09. The zero-order valence-electron chi connectivity index (χ0n) is 13.8. The Hall–Kier alpha value is -3.67. The van der Waals surface area contributed by atoms with Crippen molar-refractivity contribution in [3.05, 3.63) is 78.4 Å². The first kappa shape index (κ1) is 14.7. The third-order valence-corrected chi connectivity index (χ3v) is 4.56. The third-order valence-electron chi connectivity index (χ3n) is 4.56. The number of amides is 1. The van der Waals surface area contributed by atoms with Gasteiger partial charge in [0.05, 0.1) is 6.54 Å². The molecule has 0 aliphatic rings. The molecule has 0 unspecified atom stereocenters. The molecule has 0 aliphatic heterocycles. The van der Waals surface area contributed by atoms with E-state index in [0.29, 0.717) is 18.1 Å². The number of benzene rings is 2. The second-order valence-corrected chi connectivity index (χ2v) is 6.16. The lowest BCUT2D eigenvalue weighted by molar-refractivity contribution is 0.0945. The van der Waals surface area contributed by atoms with Gasteiger partial charge in [0.25, 0.3) is 5.91 Å². The maximum Gasteiger partial charge on any atom is 0.268 e. The molecule has 6 nitrogen and oxygen atoms in total. The fraction of sp³-hybridized carbons (Fsp3) is 0.0500. The van der Waals surface area contributed by atoms with Crippen LogP contribution in [0.25, 0.3) is 27.3 Å². The van der Waals surface area contributed by atoms with Crippen molar-refractivity contribution < 1.29 is 4.79 Å². The standard InChI is InChI=1S/C20H15N5O/c26-20(21-12-19-24-23-18-7-3-4-10-25(18)19)17-11-15-14-6-2-1-5-13(14)8-9-16(15)22-17/h1-11,22H,12H2,(H,21,26). The number of carbonyl (C=O) groups is 1. The van der Waals surface area contributed by atoms with Gasteiger partial charge in [-0.3, -0.25) is 9.20 Å². The molecule has 2 N–H and O–H groups in total. The van der Waals surface area contributed by atoms with Gasteiger partial charge in [-0.05, 0) is 35.0 Å². The molecule has 0 saturated carbocycles. The maximum absolute atomic E-state index is 12.6. The van der Waals surface area contributed by atoms with Crippen molar-refractivity contribution in [2.24, 2.45) is 0 Å². The number of pyridine rings is 1. The first-order chi connectivity index (χ1) is 12.8. The van der Waals surface area contributed by atoms with Crippen LogP contribution in [-0.4, -0.2) is 25.5 Å². The minimum atomic E-state index is -0.169. The Morgan fingerprint density at radius 3 is 2.85 bits per heavy atom. The number of nitrogens with one attached hydrogen (secondary N) is 2. The van der Waals surface area contributed by atoms with Crippen LogP contribution in [0.1, 0.15) is 16.3 Å². The number of rotatable bonds is 3. The van der Waals surface area contributed by atoms with Crippen molar-refractivity contribution in [2.45, 2.75) is 6.54 Å². The molecule has 0 saturated heterocycles. The van der Waals surface area contributed by atoms with Crippen LogP contribution in [0.5, 0.6) is 0 Å². The molecule has 0 atom stereocenters. The van der Waals surface area contributed by atoms with E-state index in [4.69, 9.17) is 0 Å². The van der Waals surface area contributed by atoms with Gasteiger partial charge >= 0.3 is 0 Å². The molecule has 126 valence electrons. The molecule has 26 heavy (non-hydrogen) atoms. The van der Waals surface area contributed by atoms with Crippen LogP contribution in [-0.2, 0) is 6.54 Å². The Morgan fingerprint density at radius 2 is 1.88 bits per heavy atom. The van der Waals surface area contributed by atoms with Crippen molar-refractivity contribution in [1.82, 2.24) is 24.9 Å². The lowest BCUT2D eigenvalue weighted by Crippen LogP contribution is -2.24. The summed E-state index contributed by atoms with van der Waals surface area (Å²) >= 11 is 0. The normalized spacial score (nSPS) is 11.4. The summed E-state index contributed by atoms with van der Waals surface area (Å²) in [4.78, 5) is 15.8. The quantitative estimate of drug-likeness (QED) is 0.529. The highest BCUT2D eigenvalue weighted by Gasteiger charge is 2.12. The minimum absolute atomic E-state index is 0.169. The summed E-state index contributed by atoms with van der Waals surface area (Å²) in [5.74, 6) is 0.522. The summed E-state index contributed by atoms with van der Waals surface area (Å²) < 4.78 is 1.86. The van der Waals surface area contributed by atoms with E-state index in [9.17, 15) is 4.79 Å². The molecule has 3 heterocycles. The summed E-state index contributed by atoms with van der Waals surface area (Å²) in [6, 6.07) is 19.8. The SMILES string of the molecule is O=C(NCc1nnc2ccccn12)c1cc2c(ccc3ccccc32)[nH]1. The largest absolute Gasteiger partial charge is 0.351 e. The molecular weight excluding hydrogens is 326 g/mol. The van der Waals surface area contributed by atoms with Gasteiger partial charge < -0.3 is 10.3 Å². The summed E-state index contributed by atoms with van der Waals surface area (Å²) in [5.41, 5.74) is 2.24. The van der Waals surface area contributed by atoms with Crippen LogP contribution in [0.15, 0.2) is 66.9 Å². The van der Waals surface area contributed by atoms with Crippen LogP contribution in [0.4, 0.5) is 0 Å². The number of fused-ring (bicyclic) bond motifs is 4. The van der Waals surface area contributed by atoms with E-state index >= 15 is 0 Å². The van der Waals surface area contributed by atoms with E-state index < -0.39 is 0 Å². The van der Waals surface area contributed by atoms with Gasteiger partial charge in [0.1, 0.15) is 5.69 Å². The van der Waals surface area contributed by atoms with Crippen molar-refractivity contribution >= 4 is 33.2 Å². The van der Waals surface area contributed by atoms with Crippen molar-refractivity contribution in [2.75, 3.05) is 0 Å². The van der Waals surface area contributed by atoms with Crippen molar-refractivity contribution in [3.63, 3.8) is 0 Å². The fourth-order valence-electron chi connectivity index (χ4n) is 3.27. The van der Waals surface area contributed by atoms with Gasteiger partial charge in [-0.15, -0.1) is 10.2 Å². The van der Waals surface area contributed by atoms with Gasteiger partial charge in [0.2, 0.25) is 0 Å². The minimum Gasteiger partial charge on any atom is -0.351 e. The summed E-state index contributed by atoms with van der Waals surface area (Å²) in [6.45, 7) is 0.306. The van der Waals surface area contributed by atoms with Gasteiger partial charge in [0, 0.05) is 17.1 Å². The smallest absolute Gasteiger partial charge is 0.268 e. The molecule has 2 aromatic carbocycles. The number of hydrogen-bond donors (Lipinski definition) is 2. The fourth-order valence-corrected chi connectivity index (χ4v) is 3.27. The highest BCUT2D eigenvalue weighted by Crippen LogP contribution is 2.25. The topological polar surface area (TPSA) is 75.1 Å². The Morgan fingerprint density at radius 1 is 1.00 bits per heavy atom. The van der Waals surface area contributed by atoms with E-state index in [0.717, 1.165) is 27.3 Å². The van der Waals surface area contributed by atoms with Gasteiger partial charge in [-0.2, -0.15) is 0 Å². The molecule has 6 heteroatoms. The van der Waals surface area contributed by atoms with E-state index in [2.05, 4.69) is 38.7 Å². The van der Waals surface area contributed by atoms with Crippen molar-refractivity contribution in [3.8, 4) is 0 Å². The summed E-state index contributed by atoms with van der Waals surface area (Å²) in [6.07, 6.45) is 1.88. The third kappa shape index (κ3) is 2.31. The molecule has 5 rings (SSSR count). The monoisotopic (exact) mass is 341 g/mol. The second-order valence-electron chi connectivity index (χ2n) is 6.16. The number of aromatic amines is 1. The number of nitrogens with zero attached hydrogens (tertiary/aromatic N) is 3. The Balaban J connectivity index is 1.44. The predicted octanol–water partition coefficient (Wildman–Crippen LogP) is 3.29. The Labute approximate surface area is 148 Å². The average Bonchev–Trinajstić information content (AvgIpc) is 3.30. The molecule has 0 spiro atoms. The molecule has 3 aromatic heterocycles. The van der Waals surface area contributed by atoms with Crippen LogP contribution in [0, 0.1) is 0 Å². The summed E-state index contributed by atoms with van der Waals surface area (Å²) in [5, 5.41) is 14.5. The Kier molecular flexibility index (Phi) is 3.21. The van der Waals surface area contributed by atoms with Crippen molar-refractivity contribution in [1.29, 1.82) is 0 Å². The molecule has 0 radical (unpaired) electrons. The zero-order chi connectivity index (χ0) is 17.5. The van der Waals surface area contributed by atoms with Crippen LogP contribution in [0.2, 0.25) is 0 Å². The zero-order valence-corrected chi connectivity index (χ0v) is 13.8. The van der Waals surface area contributed by atoms with Gasteiger partial charge in [0.15, 0.2) is 11.5 Å². The molecule has 0 bridgehead atoms. The predicted molar refractivity (Wildman–Crippen MR) is 100.0 cm³/mol. The van der Waals surface area contributed by atoms with E-state index in [1.54, 1.807) is 0 Å². The second kappa shape index (κ2) is 5.70. The average molecular weight is 341 g/mol. The maximum atomic E-state index is 12.6. The number of H-pyrrole nitrogens is 1. The summed E-state index contributed by atoms with van der Waals surface area (Å²) in [7, 11) is 0. The van der Waals surface area contributed by atoms with E-state index in [-0.39, 0.29) is 5.91 Å². The number of hydrogen-bond acceptors (Lipinski definition) is 3. The van der Waals surface area contributed by atoms with E-state index in [1.165, 1.54) is 0 Å². The Bertz CT molecular complexity index is 1270. The molecule has 5 aromatic rings. The van der Waals surface area contributed by atoms with Crippen LogP contribution < -0.4 is 5.32 Å². The van der Waals surface area contributed by atoms with Crippen LogP contribution >= 0.6 is 0 Å². The molecular formula is C20H15N5O. The van der Waals surface area contributed by atoms with E-state index in [1.807, 2.05) is 53.1 Å².